The number of aromatic carboxylic acids is 1. The van der Waals surface area contributed by atoms with Crippen molar-refractivity contribution >= 4 is 16.7 Å². The van der Waals surface area contributed by atoms with Gasteiger partial charge in [-0.25, -0.2) is 4.79 Å². The molecule has 0 amide bonds. The smallest absolute Gasteiger partial charge is 0.422 e. The van der Waals surface area contributed by atoms with Crippen LogP contribution < -0.4 is 4.74 Å². The highest BCUT2D eigenvalue weighted by atomic mass is 19.4. The molecule has 0 aromatic heterocycles. The van der Waals surface area contributed by atoms with E-state index in [9.17, 15) is 18.0 Å². The van der Waals surface area contributed by atoms with Crippen LogP contribution in [-0.2, 0) is 0 Å². The normalized spacial score (nSPS) is 11.5. The molecule has 1 N–H and O–H groups in total. The first-order chi connectivity index (χ1) is 8.87. The SMILES string of the molecule is O=C(O)c1ccc2c(OCC(F)(F)F)cccc2c1. The fourth-order valence-electron chi connectivity index (χ4n) is 1.67. The molecule has 0 aliphatic carbocycles. The Kier molecular flexibility index (Phi) is 3.33. The first-order valence-electron chi connectivity index (χ1n) is 5.32. The number of benzene rings is 2. The molecule has 0 fully saturated rings. The molecule has 3 nitrogen and oxygen atoms in total. The molecular formula is C13H9F3O3. The molecule has 0 radical (unpaired) electrons. The van der Waals surface area contributed by atoms with Crippen LogP contribution in [-0.4, -0.2) is 23.9 Å². The number of halogens is 3. The number of carboxylic acids is 1. The molecule has 0 saturated heterocycles. The molecule has 0 bridgehead atoms. The fourth-order valence-corrected chi connectivity index (χ4v) is 1.67. The summed E-state index contributed by atoms with van der Waals surface area (Å²) in [6, 6.07) is 8.68. The number of fused-ring (bicyclic) bond motifs is 1. The molecule has 0 spiro atoms. The lowest BCUT2D eigenvalue weighted by atomic mass is 10.1. The molecule has 2 rings (SSSR count). The predicted octanol–water partition coefficient (Wildman–Crippen LogP) is 3.48. The molecule has 0 aliphatic heterocycles. The second-order valence-electron chi connectivity index (χ2n) is 3.90. The van der Waals surface area contributed by atoms with E-state index in [1.54, 1.807) is 6.07 Å². The van der Waals surface area contributed by atoms with Crippen LogP contribution in [0.4, 0.5) is 13.2 Å². The maximum absolute atomic E-state index is 12.1. The van der Waals surface area contributed by atoms with Gasteiger partial charge in [0.05, 0.1) is 5.56 Å². The Morgan fingerprint density at radius 1 is 1.21 bits per heavy atom. The summed E-state index contributed by atoms with van der Waals surface area (Å²) in [5.41, 5.74) is 0.0699. The maximum atomic E-state index is 12.1. The second kappa shape index (κ2) is 4.79. The largest absolute Gasteiger partial charge is 0.483 e. The summed E-state index contributed by atoms with van der Waals surface area (Å²) in [4.78, 5) is 10.8. The van der Waals surface area contributed by atoms with Gasteiger partial charge in [0.15, 0.2) is 6.61 Å². The number of carbonyl (C=O) groups is 1. The van der Waals surface area contributed by atoms with E-state index in [-0.39, 0.29) is 11.3 Å². The van der Waals surface area contributed by atoms with Crippen molar-refractivity contribution in [3.63, 3.8) is 0 Å². The van der Waals surface area contributed by atoms with Crippen molar-refractivity contribution in [2.45, 2.75) is 6.18 Å². The Labute approximate surface area is 106 Å². The lowest BCUT2D eigenvalue weighted by molar-refractivity contribution is -0.153. The number of rotatable bonds is 3. The summed E-state index contributed by atoms with van der Waals surface area (Å²) >= 11 is 0. The molecule has 2 aromatic carbocycles. The van der Waals surface area contributed by atoms with Crippen molar-refractivity contribution in [2.24, 2.45) is 0 Å². The highest BCUT2D eigenvalue weighted by Crippen LogP contribution is 2.28. The Hall–Kier alpha value is -2.24. The zero-order valence-corrected chi connectivity index (χ0v) is 9.57. The van der Waals surface area contributed by atoms with Crippen LogP contribution in [0, 0.1) is 0 Å². The van der Waals surface area contributed by atoms with Crippen molar-refractivity contribution in [2.75, 3.05) is 6.61 Å². The van der Waals surface area contributed by atoms with Gasteiger partial charge in [0.2, 0.25) is 0 Å². The van der Waals surface area contributed by atoms with Gasteiger partial charge in [-0.3, -0.25) is 0 Å². The van der Waals surface area contributed by atoms with Crippen LogP contribution >= 0.6 is 0 Å². The molecule has 0 heterocycles. The van der Waals surface area contributed by atoms with Crippen LogP contribution in [0.15, 0.2) is 36.4 Å². The summed E-state index contributed by atoms with van der Waals surface area (Å²) in [6.45, 7) is -1.38. The van der Waals surface area contributed by atoms with Gasteiger partial charge < -0.3 is 9.84 Å². The van der Waals surface area contributed by atoms with Gasteiger partial charge in [0.25, 0.3) is 0 Å². The summed E-state index contributed by atoms with van der Waals surface area (Å²) in [6.07, 6.45) is -4.41. The van der Waals surface area contributed by atoms with Crippen molar-refractivity contribution in [3.05, 3.63) is 42.0 Å². The first-order valence-corrected chi connectivity index (χ1v) is 5.32. The van der Waals surface area contributed by atoms with Gasteiger partial charge in [-0.05, 0) is 29.7 Å². The maximum Gasteiger partial charge on any atom is 0.422 e. The second-order valence-corrected chi connectivity index (χ2v) is 3.90. The minimum atomic E-state index is -4.41. The van der Waals surface area contributed by atoms with Gasteiger partial charge in [-0.2, -0.15) is 13.2 Å². The summed E-state index contributed by atoms with van der Waals surface area (Å²) in [5.74, 6) is -1.02. The van der Waals surface area contributed by atoms with Gasteiger partial charge >= 0.3 is 12.1 Å². The topological polar surface area (TPSA) is 46.5 Å². The molecule has 2 aromatic rings. The van der Waals surface area contributed by atoms with Crippen molar-refractivity contribution in [1.82, 2.24) is 0 Å². The molecule has 0 aliphatic rings. The van der Waals surface area contributed by atoms with Gasteiger partial charge in [0, 0.05) is 5.39 Å². The van der Waals surface area contributed by atoms with Crippen LogP contribution in [0.25, 0.3) is 10.8 Å². The van der Waals surface area contributed by atoms with Gasteiger partial charge in [-0.1, -0.05) is 12.1 Å². The quantitative estimate of drug-likeness (QED) is 0.928. The van der Waals surface area contributed by atoms with E-state index in [2.05, 4.69) is 0 Å². The van der Waals surface area contributed by atoms with Gasteiger partial charge in [-0.15, -0.1) is 0 Å². The van der Waals surface area contributed by atoms with E-state index in [0.29, 0.717) is 10.8 Å². The molecule has 100 valence electrons. The average Bonchev–Trinajstić information content (AvgIpc) is 2.34. The van der Waals surface area contributed by atoms with Crippen molar-refractivity contribution < 1.29 is 27.8 Å². The zero-order chi connectivity index (χ0) is 14.0. The molecule has 6 heteroatoms. The summed E-state index contributed by atoms with van der Waals surface area (Å²) < 4.78 is 41.0. The number of hydrogen-bond donors (Lipinski definition) is 1. The van der Waals surface area contributed by atoms with E-state index in [0.717, 1.165) is 0 Å². The van der Waals surface area contributed by atoms with Crippen LogP contribution in [0.2, 0.25) is 0 Å². The van der Waals surface area contributed by atoms with E-state index >= 15 is 0 Å². The summed E-state index contributed by atoms with van der Waals surface area (Å²) in [5, 5.41) is 9.80. The Bertz CT molecular complexity index is 620. The Morgan fingerprint density at radius 3 is 2.58 bits per heavy atom. The van der Waals surface area contributed by atoms with Crippen LogP contribution in [0.3, 0.4) is 0 Å². The lowest BCUT2D eigenvalue weighted by Gasteiger charge is -2.11. The highest BCUT2D eigenvalue weighted by Gasteiger charge is 2.28. The minimum Gasteiger partial charge on any atom is -0.483 e. The first kappa shape index (κ1) is 13.2. The lowest BCUT2D eigenvalue weighted by Crippen LogP contribution is -2.19. The molecule has 0 atom stereocenters. The number of alkyl halides is 3. The summed E-state index contributed by atoms with van der Waals surface area (Å²) in [7, 11) is 0. The Balaban J connectivity index is 2.38. The highest BCUT2D eigenvalue weighted by molar-refractivity contribution is 5.96. The minimum absolute atomic E-state index is 0.0699. The van der Waals surface area contributed by atoms with Gasteiger partial charge in [0.1, 0.15) is 5.75 Å². The zero-order valence-electron chi connectivity index (χ0n) is 9.57. The third kappa shape index (κ3) is 3.15. The molecule has 0 saturated carbocycles. The number of ether oxygens (including phenoxy) is 1. The predicted molar refractivity (Wildman–Crippen MR) is 62.5 cm³/mol. The Morgan fingerprint density at radius 2 is 1.95 bits per heavy atom. The monoisotopic (exact) mass is 270 g/mol. The number of hydrogen-bond acceptors (Lipinski definition) is 2. The van der Waals surface area contributed by atoms with Crippen LogP contribution in [0.1, 0.15) is 10.4 Å². The standard InChI is InChI=1S/C13H9F3O3/c14-13(15,16)7-19-11-3-1-2-8-6-9(12(17)18)4-5-10(8)11/h1-6H,7H2,(H,17,18). The van der Waals surface area contributed by atoms with E-state index in [4.69, 9.17) is 9.84 Å². The fraction of sp³-hybridized carbons (Fsp3) is 0.154. The number of carboxylic acid groups (broad SMARTS) is 1. The molecule has 19 heavy (non-hydrogen) atoms. The van der Waals surface area contributed by atoms with Crippen molar-refractivity contribution in [3.8, 4) is 5.75 Å². The third-order valence-electron chi connectivity index (χ3n) is 2.48. The molecular weight excluding hydrogens is 261 g/mol. The average molecular weight is 270 g/mol. The molecule has 0 unspecified atom stereocenters. The van der Waals surface area contributed by atoms with E-state index in [1.165, 1.54) is 30.3 Å². The van der Waals surface area contributed by atoms with Crippen LogP contribution in [0.5, 0.6) is 5.75 Å². The van der Waals surface area contributed by atoms with E-state index < -0.39 is 18.8 Å². The third-order valence-corrected chi connectivity index (χ3v) is 2.48. The van der Waals surface area contributed by atoms with E-state index in [1.807, 2.05) is 0 Å². The van der Waals surface area contributed by atoms with Crippen molar-refractivity contribution in [1.29, 1.82) is 0 Å².